The average molecular weight is 278 g/mol. The number of aromatic nitrogens is 3. The smallest absolute Gasteiger partial charge is 0.304 e. The Morgan fingerprint density at radius 1 is 1.32 bits per heavy atom. The molecule has 7 heteroatoms. The lowest BCUT2D eigenvalue weighted by molar-refractivity contribution is -0.136. The first-order valence-corrected chi connectivity index (χ1v) is 6.73. The van der Waals surface area contributed by atoms with Crippen LogP contribution >= 0.6 is 11.8 Å². The molecule has 0 aliphatic heterocycles. The number of benzene rings is 1. The lowest BCUT2D eigenvalue weighted by Crippen LogP contribution is -2.14. The van der Waals surface area contributed by atoms with Crippen LogP contribution in [0.1, 0.15) is 17.8 Å². The maximum Gasteiger partial charge on any atom is 0.304 e. The molecule has 0 atom stereocenters. The van der Waals surface area contributed by atoms with Gasteiger partial charge in [0.05, 0.1) is 6.42 Å². The molecule has 0 spiro atoms. The topological polar surface area (TPSA) is 94.0 Å². The molecule has 19 heavy (non-hydrogen) atoms. The van der Waals surface area contributed by atoms with Gasteiger partial charge in [0.25, 0.3) is 0 Å². The van der Waals surface area contributed by atoms with E-state index >= 15 is 0 Å². The van der Waals surface area contributed by atoms with Gasteiger partial charge in [-0.2, -0.15) is 0 Å². The Balaban J connectivity index is 2.00. The van der Waals surface area contributed by atoms with Gasteiger partial charge in [-0.3, -0.25) is 4.79 Å². The van der Waals surface area contributed by atoms with Gasteiger partial charge in [-0.05, 0) is 5.56 Å². The van der Waals surface area contributed by atoms with Crippen LogP contribution in [0.4, 0.5) is 0 Å². The second-order valence-corrected chi connectivity index (χ2v) is 4.99. The van der Waals surface area contributed by atoms with E-state index in [4.69, 9.17) is 10.9 Å². The number of nitrogens with two attached hydrogens (primary N) is 1. The van der Waals surface area contributed by atoms with Crippen LogP contribution in [-0.2, 0) is 11.2 Å². The maximum absolute atomic E-state index is 10.4. The van der Waals surface area contributed by atoms with Crippen molar-refractivity contribution in [3.05, 3.63) is 41.7 Å². The SMILES string of the molecule is Nn1c(Cc2ccccc2)nnc1SCCC(=O)O. The summed E-state index contributed by atoms with van der Waals surface area (Å²) in [5.41, 5.74) is 1.10. The predicted octanol–water partition coefficient (Wildman–Crippen LogP) is 1.15. The van der Waals surface area contributed by atoms with Crippen LogP contribution in [0, 0.1) is 0 Å². The highest BCUT2D eigenvalue weighted by Crippen LogP contribution is 2.16. The summed E-state index contributed by atoms with van der Waals surface area (Å²) in [6.07, 6.45) is 0.676. The van der Waals surface area contributed by atoms with E-state index in [1.807, 2.05) is 30.3 Å². The van der Waals surface area contributed by atoms with Crippen LogP contribution in [0.3, 0.4) is 0 Å². The molecule has 100 valence electrons. The van der Waals surface area contributed by atoms with E-state index in [0.29, 0.717) is 23.2 Å². The van der Waals surface area contributed by atoms with Crippen LogP contribution in [-0.4, -0.2) is 31.7 Å². The van der Waals surface area contributed by atoms with Gasteiger partial charge in [-0.25, -0.2) is 4.68 Å². The lowest BCUT2D eigenvalue weighted by Gasteiger charge is -2.03. The lowest BCUT2D eigenvalue weighted by atomic mass is 10.1. The van der Waals surface area contributed by atoms with Crippen molar-refractivity contribution in [1.29, 1.82) is 0 Å². The summed E-state index contributed by atoms with van der Waals surface area (Å²) in [5, 5.41) is 17.1. The fourth-order valence-corrected chi connectivity index (χ4v) is 2.34. The van der Waals surface area contributed by atoms with Crippen molar-refractivity contribution >= 4 is 17.7 Å². The standard InChI is InChI=1S/C12H14N4O2S/c13-16-10(8-9-4-2-1-3-5-9)14-15-12(16)19-7-6-11(17)18/h1-5H,6-8,13H2,(H,17,18). The summed E-state index contributed by atoms with van der Waals surface area (Å²) in [6.45, 7) is 0. The first kappa shape index (κ1) is 13.4. The van der Waals surface area contributed by atoms with Crippen LogP contribution in [0.15, 0.2) is 35.5 Å². The number of nitrogen functional groups attached to an aromatic ring is 1. The van der Waals surface area contributed by atoms with Crippen LogP contribution in [0.25, 0.3) is 0 Å². The molecular weight excluding hydrogens is 264 g/mol. The normalized spacial score (nSPS) is 10.5. The molecule has 0 saturated carbocycles. The van der Waals surface area contributed by atoms with Gasteiger partial charge in [-0.1, -0.05) is 42.1 Å². The molecule has 2 aromatic rings. The summed E-state index contributed by atoms with van der Waals surface area (Å²) in [7, 11) is 0. The third kappa shape index (κ3) is 3.72. The van der Waals surface area contributed by atoms with Gasteiger partial charge in [0.15, 0.2) is 5.82 Å². The number of carboxylic acid groups (broad SMARTS) is 1. The molecule has 0 saturated heterocycles. The number of rotatable bonds is 6. The number of hydrogen-bond donors (Lipinski definition) is 2. The Hall–Kier alpha value is -2.02. The van der Waals surface area contributed by atoms with Gasteiger partial charge < -0.3 is 10.9 Å². The molecule has 1 aromatic carbocycles. The molecule has 0 unspecified atom stereocenters. The summed E-state index contributed by atoms with van der Waals surface area (Å²) in [4.78, 5) is 10.4. The van der Waals surface area contributed by atoms with Gasteiger partial charge in [0.1, 0.15) is 0 Å². The number of carboxylic acids is 1. The van der Waals surface area contributed by atoms with Crippen LogP contribution < -0.4 is 5.84 Å². The minimum absolute atomic E-state index is 0.0749. The first-order valence-electron chi connectivity index (χ1n) is 5.74. The molecule has 1 heterocycles. The highest BCUT2D eigenvalue weighted by Gasteiger charge is 2.11. The third-order valence-corrected chi connectivity index (χ3v) is 3.43. The number of carbonyl (C=O) groups is 1. The van der Waals surface area contributed by atoms with E-state index in [2.05, 4.69) is 10.2 Å². The quantitative estimate of drug-likeness (QED) is 0.608. The molecule has 3 N–H and O–H groups in total. The molecule has 1 aromatic heterocycles. The predicted molar refractivity (Wildman–Crippen MR) is 72.4 cm³/mol. The van der Waals surface area contributed by atoms with E-state index < -0.39 is 5.97 Å². The first-order chi connectivity index (χ1) is 9.16. The molecule has 0 aliphatic rings. The Morgan fingerprint density at radius 3 is 2.74 bits per heavy atom. The highest BCUT2D eigenvalue weighted by atomic mass is 32.2. The van der Waals surface area contributed by atoms with Crippen molar-refractivity contribution in [3.63, 3.8) is 0 Å². The fraction of sp³-hybridized carbons (Fsp3) is 0.250. The van der Waals surface area contributed by atoms with E-state index in [-0.39, 0.29) is 6.42 Å². The van der Waals surface area contributed by atoms with Crippen molar-refractivity contribution in [3.8, 4) is 0 Å². The molecule has 0 fully saturated rings. The van der Waals surface area contributed by atoms with Crippen molar-refractivity contribution in [2.24, 2.45) is 0 Å². The minimum atomic E-state index is -0.833. The second-order valence-electron chi connectivity index (χ2n) is 3.92. The monoisotopic (exact) mass is 278 g/mol. The highest BCUT2D eigenvalue weighted by molar-refractivity contribution is 7.99. The Kier molecular flexibility index (Phi) is 4.40. The largest absolute Gasteiger partial charge is 0.481 e. The zero-order valence-electron chi connectivity index (χ0n) is 10.2. The Labute approximate surface area is 114 Å². The summed E-state index contributed by atoms with van der Waals surface area (Å²) in [5.74, 6) is 6.14. The zero-order valence-corrected chi connectivity index (χ0v) is 11.0. The van der Waals surface area contributed by atoms with E-state index in [1.165, 1.54) is 16.4 Å². The second kappa shape index (κ2) is 6.24. The molecule has 6 nitrogen and oxygen atoms in total. The summed E-state index contributed by atoms with van der Waals surface area (Å²) >= 11 is 1.29. The van der Waals surface area contributed by atoms with Gasteiger partial charge in [-0.15, -0.1) is 10.2 Å². The van der Waals surface area contributed by atoms with Crippen LogP contribution in [0.2, 0.25) is 0 Å². The van der Waals surface area contributed by atoms with Crippen molar-refractivity contribution in [1.82, 2.24) is 14.9 Å². The molecule has 0 amide bonds. The van der Waals surface area contributed by atoms with Gasteiger partial charge >= 0.3 is 5.97 Å². The molecule has 0 aliphatic carbocycles. The maximum atomic E-state index is 10.4. The minimum Gasteiger partial charge on any atom is -0.481 e. The van der Waals surface area contributed by atoms with E-state index in [1.54, 1.807) is 0 Å². The molecule has 0 radical (unpaired) electrons. The molecular formula is C12H14N4O2S. The van der Waals surface area contributed by atoms with E-state index in [9.17, 15) is 4.79 Å². The van der Waals surface area contributed by atoms with E-state index in [0.717, 1.165) is 5.56 Å². The average Bonchev–Trinajstić information content (AvgIpc) is 2.72. The van der Waals surface area contributed by atoms with Crippen molar-refractivity contribution < 1.29 is 9.90 Å². The molecule has 0 bridgehead atoms. The van der Waals surface area contributed by atoms with Gasteiger partial charge in [0, 0.05) is 12.2 Å². The number of nitrogens with zero attached hydrogens (tertiary/aromatic N) is 3. The van der Waals surface area contributed by atoms with Crippen molar-refractivity contribution in [2.75, 3.05) is 11.6 Å². The summed E-state index contributed by atoms with van der Waals surface area (Å²) in [6, 6.07) is 9.84. The Bertz CT molecular complexity index is 556. The van der Waals surface area contributed by atoms with Gasteiger partial charge in [0.2, 0.25) is 5.16 Å². The Morgan fingerprint density at radius 2 is 2.05 bits per heavy atom. The number of hydrogen-bond acceptors (Lipinski definition) is 5. The fourth-order valence-electron chi connectivity index (χ4n) is 1.53. The number of aliphatic carboxylic acids is 1. The number of thioether (sulfide) groups is 1. The van der Waals surface area contributed by atoms with Crippen molar-refractivity contribution in [2.45, 2.75) is 18.0 Å². The van der Waals surface area contributed by atoms with Crippen LogP contribution in [0.5, 0.6) is 0 Å². The molecule has 2 rings (SSSR count). The summed E-state index contributed by atoms with van der Waals surface area (Å²) < 4.78 is 1.42. The third-order valence-electron chi connectivity index (χ3n) is 2.49. The zero-order chi connectivity index (χ0) is 13.7.